The van der Waals surface area contributed by atoms with Crippen molar-refractivity contribution in [2.75, 3.05) is 7.11 Å². The monoisotopic (exact) mass is 189 g/mol. The van der Waals surface area contributed by atoms with Gasteiger partial charge in [0.25, 0.3) is 0 Å². The summed E-state index contributed by atoms with van der Waals surface area (Å²) in [5.41, 5.74) is -0.0978. The lowest BCUT2D eigenvalue weighted by Gasteiger charge is -1.98. The van der Waals surface area contributed by atoms with E-state index in [-0.39, 0.29) is 10.7 Å². The lowest BCUT2D eigenvalue weighted by atomic mass is 10.3. The highest BCUT2D eigenvalue weighted by Gasteiger charge is 2.09. The Kier molecular flexibility index (Phi) is 2.60. The Bertz CT molecular complexity index is 316. The molecule has 64 valence electrons. The van der Waals surface area contributed by atoms with Crippen LogP contribution in [0.2, 0.25) is 5.02 Å². The summed E-state index contributed by atoms with van der Waals surface area (Å²) >= 11 is 5.34. The fraction of sp³-hybridized carbons (Fsp3) is 0.143. The normalized spacial score (nSPS) is 9.58. The summed E-state index contributed by atoms with van der Waals surface area (Å²) in [6.07, 6.45) is 0. The zero-order chi connectivity index (χ0) is 9.14. The van der Waals surface area contributed by atoms with Crippen molar-refractivity contribution in [1.82, 2.24) is 4.98 Å². The van der Waals surface area contributed by atoms with E-state index >= 15 is 0 Å². The number of ether oxygens (including phenoxy) is 1. The molecule has 0 atom stereocenters. The summed E-state index contributed by atoms with van der Waals surface area (Å²) in [6.45, 7) is 0. The zero-order valence-corrected chi connectivity index (χ0v) is 6.93. The third-order valence-corrected chi connectivity index (χ3v) is 1.48. The molecule has 3 nitrogen and oxygen atoms in total. The van der Waals surface area contributed by atoms with Gasteiger partial charge in [-0.05, 0) is 12.1 Å². The van der Waals surface area contributed by atoms with Gasteiger partial charge in [-0.15, -0.1) is 0 Å². The van der Waals surface area contributed by atoms with Gasteiger partial charge in [-0.2, -0.15) is 4.39 Å². The molecule has 0 radical (unpaired) electrons. The number of carbonyl (C=O) groups excluding carboxylic acids is 1. The van der Waals surface area contributed by atoms with Gasteiger partial charge in [-0.1, -0.05) is 11.6 Å². The maximum Gasteiger partial charge on any atom is 0.356 e. The Morgan fingerprint density at radius 3 is 2.83 bits per heavy atom. The van der Waals surface area contributed by atoms with Crippen LogP contribution >= 0.6 is 11.6 Å². The molecule has 1 aromatic rings. The van der Waals surface area contributed by atoms with E-state index in [4.69, 9.17) is 11.6 Å². The number of hydrogen-bond acceptors (Lipinski definition) is 3. The van der Waals surface area contributed by atoms with Crippen LogP contribution in [-0.4, -0.2) is 18.1 Å². The number of nitrogens with zero attached hydrogens (tertiary/aromatic N) is 1. The van der Waals surface area contributed by atoms with Crippen LogP contribution in [0.4, 0.5) is 4.39 Å². The Morgan fingerprint density at radius 2 is 2.33 bits per heavy atom. The van der Waals surface area contributed by atoms with E-state index in [1.54, 1.807) is 0 Å². The van der Waals surface area contributed by atoms with Crippen LogP contribution in [0.25, 0.3) is 0 Å². The van der Waals surface area contributed by atoms with Gasteiger partial charge in [0.2, 0.25) is 5.95 Å². The fourth-order valence-corrected chi connectivity index (χ4v) is 0.741. The van der Waals surface area contributed by atoms with Gasteiger partial charge in [0.1, 0.15) is 0 Å². The van der Waals surface area contributed by atoms with Gasteiger partial charge in [0.15, 0.2) is 5.69 Å². The molecule has 1 heterocycles. The van der Waals surface area contributed by atoms with Crippen LogP contribution < -0.4 is 0 Å². The van der Waals surface area contributed by atoms with Crippen molar-refractivity contribution in [3.63, 3.8) is 0 Å². The van der Waals surface area contributed by atoms with Crippen molar-refractivity contribution in [3.05, 3.63) is 28.8 Å². The Balaban J connectivity index is 3.05. The highest BCUT2D eigenvalue weighted by molar-refractivity contribution is 6.30. The number of rotatable bonds is 1. The van der Waals surface area contributed by atoms with Crippen LogP contribution in [0, 0.1) is 5.95 Å². The summed E-state index contributed by atoms with van der Waals surface area (Å²) in [5, 5.41) is -0.123. The van der Waals surface area contributed by atoms with Gasteiger partial charge in [0.05, 0.1) is 12.1 Å². The molecule has 0 saturated carbocycles. The van der Waals surface area contributed by atoms with Crippen LogP contribution in [-0.2, 0) is 4.74 Å². The highest BCUT2D eigenvalue weighted by Crippen LogP contribution is 2.12. The molecule has 1 rings (SSSR count). The van der Waals surface area contributed by atoms with Gasteiger partial charge >= 0.3 is 5.97 Å². The number of esters is 1. The highest BCUT2D eigenvalue weighted by atomic mass is 35.5. The fourth-order valence-electron chi connectivity index (χ4n) is 0.636. The molecule has 0 unspecified atom stereocenters. The second kappa shape index (κ2) is 3.49. The Hall–Kier alpha value is -1.16. The predicted molar refractivity (Wildman–Crippen MR) is 40.5 cm³/mol. The first-order chi connectivity index (χ1) is 5.65. The van der Waals surface area contributed by atoms with Gasteiger partial charge in [0, 0.05) is 0 Å². The number of methoxy groups -OCH3 is 1. The molecule has 1 aromatic heterocycles. The SMILES string of the molecule is COC(=O)c1ccc(Cl)c(F)n1. The van der Waals surface area contributed by atoms with Gasteiger partial charge in [-0.3, -0.25) is 0 Å². The van der Waals surface area contributed by atoms with Crippen molar-refractivity contribution in [2.24, 2.45) is 0 Å². The summed E-state index contributed by atoms with van der Waals surface area (Å²) in [4.78, 5) is 14.1. The van der Waals surface area contributed by atoms with Crippen molar-refractivity contribution in [2.45, 2.75) is 0 Å². The number of carbonyl (C=O) groups is 1. The molecule has 0 spiro atoms. The summed E-state index contributed by atoms with van der Waals surface area (Å²) < 4.78 is 16.9. The Labute approximate surface area is 73.1 Å². The molecule has 0 amide bonds. The number of pyridine rings is 1. The van der Waals surface area contributed by atoms with Crippen molar-refractivity contribution in [3.8, 4) is 0 Å². The van der Waals surface area contributed by atoms with E-state index in [2.05, 4.69) is 9.72 Å². The van der Waals surface area contributed by atoms with E-state index in [0.717, 1.165) is 0 Å². The van der Waals surface area contributed by atoms with E-state index < -0.39 is 11.9 Å². The van der Waals surface area contributed by atoms with Gasteiger partial charge in [-0.25, -0.2) is 9.78 Å². The van der Waals surface area contributed by atoms with E-state index in [1.165, 1.54) is 19.2 Å². The average molecular weight is 190 g/mol. The number of aromatic nitrogens is 1. The van der Waals surface area contributed by atoms with Crippen LogP contribution in [0.15, 0.2) is 12.1 Å². The van der Waals surface area contributed by atoms with Gasteiger partial charge < -0.3 is 4.74 Å². The minimum absolute atomic E-state index is 0.0978. The molecule has 0 aromatic carbocycles. The largest absolute Gasteiger partial charge is 0.464 e. The molecule has 0 bridgehead atoms. The zero-order valence-electron chi connectivity index (χ0n) is 6.17. The minimum Gasteiger partial charge on any atom is -0.464 e. The first-order valence-electron chi connectivity index (χ1n) is 3.05. The molecular weight excluding hydrogens is 185 g/mol. The molecule has 0 aliphatic carbocycles. The lowest BCUT2D eigenvalue weighted by molar-refractivity contribution is 0.0592. The third-order valence-electron chi connectivity index (χ3n) is 1.20. The third kappa shape index (κ3) is 1.71. The van der Waals surface area contributed by atoms with Crippen molar-refractivity contribution in [1.29, 1.82) is 0 Å². The molecule has 0 N–H and O–H groups in total. The molecule has 5 heteroatoms. The standard InChI is InChI=1S/C7H5ClFNO2/c1-12-7(11)5-3-2-4(8)6(9)10-5/h2-3H,1H3. The number of halogens is 2. The minimum atomic E-state index is -0.875. The molecule has 12 heavy (non-hydrogen) atoms. The second-order valence-corrected chi connectivity index (χ2v) is 2.37. The maximum atomic E-state index is 12.6. The summed E-state index contributed by atoms with van der Waals surface area (Å²) in [6, 6.07) is 2.54. The smallest absolute Gasteiger partial charge is 0.356 e. The van der Waals surface area contributed by atoms with E-state index in [9.17, 15) is 9.18 Å². The van der Waals surface area contributed by atoms with E-state index in [0.29, 0.717) is 0 Å². The molecular formula is C7H5ClFNO2. The topological polar surface area (TPSA) is 39.2 Å². The van der Waals surface area contributed by atoms with Crippen LogP contribution in [0.5, 0.6) is 0 Å². The van der Waals surface area contributed by atoms with E-state index in [1.807, 2.05) is 0 Å². The van der Waals surface area contributed by atoms with Crippen LogP contribution in [0.1, 0.15) is 10.5 Å². The molecule has 0 fully saturated rings. The number of hydrogen-bond donors (Lipinski definition) is 0. The first-order valence-corrected chi connectivity index (χ1v) is 3.43. The summed E-state index contributed by atoms with van der Waals surface area (Å²) in [7, 11) is 1.19. The van der Waals surface area contributed by atoms with Crippen molar-refractivity contribution < 1.29 is 13.9 Å². The average Bonchev–Trinajstić information content (AvgIpc) is 2.08. The molecule has 0 aliphatic heterocycles. The lowest BCUT2D eigenvalue weighted by Crippen LogP contribution is -2.05. The predicted octanol–water partition coefficient (Wildman–Crippen LogP) is 1.66. The molecule has 0 saturated heterocycles. The maximum absolute atomic E-state index is 12.6. The quantitative estimate of drug-likeness (QED) is 0.498. The first kappa shape index (κ1) is 8.93. The van der Waals surface area contributed by atoms with Crippen molar-refractivity contribution >= 4 is 17.6 Å². The summed E-state index contributed by atoms with van der Waals surface area (Å²) in [5.74, 6) is -1.56. The molecule has 0 aliphatic rings. The van der Waals surface area contributed by atoms with Crippen LogP contribution in [0.3, 0.4) is 0 Å². The second-order valence-electron chi connectivity index (χ2n) is 1.96. The Morgan fingerprint density at radius 1 is 1.67 bits per heavy atom.